The van der Waals surface area contributed by atoms with Crippen LogP contribution in [0.2, 0.25) is 0 Å². The fraction of sp³-hybridized carbons (Fsp3) is 0.438. The lowest BCUT2D eigenvalue weighted by Gasteiger charge is -2.37. The highest BCUT2D eigenvalue weighted by molar-refractivity contribution is 9.09. The van der Waals surface area contributed by atoms with Gasteiger partial charge in [-0.2, -0.15) is 0 Å². The van der Waals surface area contributed by atoms with Crippen LogP contribution in [0.5, 0.6) is 0 Å². The second-order valence-corrected chi connectivity index (χ2v) is 6.02. The Kier molecular flexibility index (Phi) is 4.14. The minimum absolute atomic E-state index is 0.782. The second kappa shape index (κ2) is 6.02. The van der Waals surface area contributed by atoms with Gasteiger partial charge >= 0.3 is 0 Å². The average Bonchev–Trinajstić information content (AvgIpc) is 2.37. The number of pyridine rings is 1. The van der Waals surface area contributed by atoms with E-state index < -0.39 is 0 Å². The summed E-state index contributed by atoms with van der Waals surface area (Å²) in [6, 6.07) is 11.4. The van der Waals surface area contributed by atoms with Gasteiger partial charge < -0.3 is 0 Å². The molecule has 0 saturated heterocycles. The van der Waals surface area contributed by atoms with Gasteiger partial charge in [0.05, 0.1) is 5.52 Å². The van der Waals surface area contributed by atoms with E-state index in [1.165, 1.54) is 30.2 Å². The molecule has 1 saturated carbocycles. The highest BCUT2D eigenvalue weighted by Gasteiger charge is 2.24. The van der Waals surface area contributed by atoms with Gasteiger partial charge in [-0.05, 0) is 30.5 Å². The summed E-state index contributed by atoms with van der Waals surface area (Å²) in [5, 5.41) is 2.34. The second-order valence-electron chi connectivity index (χ2n) is 5.23. The van der Waals surface area contributed by atoms with Gasteiger partial charge in [0.1, 0.15) is 0 Å². The van der Waals surface area contributed by atoms with Crippen LogP contribution in [0, 0.1) is 0 Å². The quantitative estimate of drug-likeness (QED) is 0.775. The van der Waals surface area contributed by atoms with Crippen LogP contribution in [0.3, 0.4) is 0 Å². The smallest absolute Gasteiger partial charge is 0.0705 e. The zero-order valence-electron chi connectivity index (χ0n) is 11.1. The van der Waals surface area contributed by atoms with Crippen LogP contribution in [0.15, 0.2) is 36.5 Å². The molecule has 1 aromatic carbocycles. The van der Waals surface area contributed by atoms with Crippen molar-refractivity contribution in [2.45, 2.75) is 31.8 Å². The zero-order valence-corrected chi connectivity index (χ0v) is 12.6. The molecule has 2 nitrogen and oxygen atoms in total. The topological polar surface area (TPSA) is 16.1 Å². The minimum Gasteiger partial charge on any atom is -0.295 e. The van der Waals surface area contributed by atoms with Gasteiger partial charge in [0.25, 0.3) is 0 Å². The number of nitrogens with zero attached hydrogens (tertiary/aromatic N) is 2. The maximum absolute atomic E-state index is 4.45. The van der Waals surface area contributed by atoms with E-state index in [9.17, 15) is 0 Å². The summed E-state index contributed by atoms with van der Waals surface area (Å²) in [5.41, 5.74) is 2.51. The van der Waals surface area contributed by atoms with Crippen molar-refractivity contribution in [1.82, 2.24) is 9.88 Å². The van der Waals surface area contributed by atoms with Crippen molar-refractivity contribution < 1.29 is 0 Å². The number of aromatic nitrogens is 1. The molecule has 0 aliphatic heterocycles. The lowest BCUT2D eigenvalue weighted by Crippen LogP contribution is -2.40. The van der Waals surface area contributed by atoms with Crippen LogP contribution in [0.4, 0.5) is 0 Å². The Balaban J connectivity index is 1.86. The number of para-hydroxylation sites is 1. The van der Waals surface area contributed by atoms with Gasteiger partial charge in [-0.1, -0.05) is 40.5 Å². The van der Waals surface area contributed by atoms with Crippen molar-refractivity contribution in [2.75, 3.05) is 11.9 Å². The van der Waals surface area contributed by atoms with E-state index in [1.54, 1.807) is 0 Å². The van der Waals surface area contributed by atoms with E-state index in [0.717, 1.165) is 30.0 Å². The number of benzene rings is 1. The molecule has 1 heterocycles. The summed E-state index contributed by atoms with van der Waals surface area (Å²) in [7, 11) is 0. The van der Waals surface area contributed by atoms with Crippen LogP contribution < -0.4 is 0 Å². The monoisotopic (exact) mass is 318 g/mol. The van der Waals surface area contributed by atoms with Gasteiger partial charge in [0.2, 0.25) is 0 Å². The summed E-state index contributed by atoms with van der Waals surface area (Å²) in [5.74, 6) is 0. The Morgan fingerprint density at radius 2 is 2.05 bits per heavy atom. The number of rotatable bonds is 5. The maximum Gasteiger partial charge on any atom is 0.0705 e. The van der Waals surface area contributed by atoms with Gasteiger partial charge in [-0.15, -0.1) is 0 Å². The highest BCUT2D eigenvalue weighted by Crippen LogP contribution is 2.27. The van der Waals surface area contributed by atoms with Crippen molar-refractivity contribution in [3.8, 4) is 0 Å². The molecule has 2 aromatic rings. The largest absolute Gasteiger partial charge is 0.295 e. The molecule has 0 amide bonds. The number of hydrogen-bond acceptors (Lipinski definition) is 2. The third-order valence-electron chi connectivity index (χ3n) is 4.08. The third-order valence-corrected chi connectivity index (χ3v) is 4.43. The summed E-state index contributed by atoms with van der Waals surface area (Å²) < 4.78 is 0. The Bertz CT molecular complexity index is 546. The Morgan fingerprint density at radius 1 is 1.21 bits per heavy atom. The van der Waals surface area contributed by atoms with Crippen LogP contribution in [-0.4, -0.2) is 27.8 Å². The fourth-order valence-electron chi connectivity index (χ4n) is 2.76. The molecule has 1 aromatic heterocycles. The summed E-state index contributed by atoms with van der Waals surface area (Å²) in [6.07, 6.45) is 6.04. The molecule has 0 unspecified atom stereocenters. The third kappa shape index (κ3) is 2.82. The number of fused-ring (bicyclic) bond motifs is 1. The van der Waals surface area contributed by atoms with Crippen LogP contribution in [0.1, 0.15) is 24.8 Å². The van der Waals surface area contributed by atoms with Gasteiger partial charge in [0, 0.05) is 36.0 Å². The summed E-state index contributed by atoms with van der Waals surface area (Å²) in [4.78, 5) is 7.06. The molecule has 3 rings (SSSR count). The fourth-order valence-corrected chi connectivity index (χ4v) is 3.22. The highest BCUT2D eigenvalue weighted by atomic mass is 79.9. The molecule has 0 bridgehead atoms. The average molecular weight is 319 g/mol. The van der Waals surface area contributed by atoms with Gasteiger partial charge in [0.15, 0.2) is 0 Å². The molecular formula is C16H19BrN2. The van der Waals surface area contributed by atoms with E-state index in [0.29, 0.717) is 0 Å². The van der Waals surface area contributed by atoms with Gasteiger partial charge in [-0.3, -0.25) is 9.88 Å². The molecule has 0 N–H and O–H groups in total. The molecule has 1 aliphatic carbocycles. The van der Waals surface area contributed by atoms with E-state index in [4.69, 9.17) is 0 Å². The van der Waals surface area contributed by atoms with Crippen molar-refractivity contribution in [2.24, 2.45) is 0 Å². The molecular weight excluding hydrogens is 300 g/mol. The first-order valence-electron chi connectivity index (χ1n) is 7.01. The molecule has 0 spiro atoms. The Morgan fingerprint density at radius 3 is 2.79 bits per heavy atom. The van der Waals surface area contributed by atoms with Crippen molar-refractivity contribution in [3.63, 3.8) is 0 Å². The molecule has 19 heavy (non-hydrogen) atoms. The van der Waals surface area contributed by atoms with Crippen molar-refractivity contribution in [1.29, 1.82) is 0 Å². The van der Waals surface area contributed by atoms with Gasteiger partial charge in [-0.25, -0.2) is 0 Å². The van der Waals surface area contributed by atoms with E-state index >= 15 is 0 Å². The first-order valence-corrected chi connectivity index (χ1v) is 8.13. The Hall–Kier alpha value is -0.930. The summed E-state index contributed by atoms with van der Waals surface area (Å²) >= 11 is 3.58. The zero-order chi connectivity index (χ0) is 13.1. The lowest BCUT2D eigenvalue weighted by molar-refractivity contribution is 0.128. The van der Waals surface area contributed by atoms with Crippen LogP contribution >= 0.6 is 15.9 Å². The number of alkyl halides is 1. The lowest BCUT2D eigenvalue weighted by atomic mass is 9.91. The predicted molar refractivity (Wildman–Crippen MR) is 83.6 cm³/mol. The molecule has 1 aliphatic rings. The van der Waals surface area contributed by atoms with Crippen molar-refractivity contribution >= 4 is 26.8 Å². The standard InChI is InChI=1S/C16H19BrN2/c17-9-11-19(14-4-3-5-14)12-13-8-10-18-16-7-2-1-6-15(13)16/h1-2,6-8,10,14H,3-5,9,11-12H2. The molecule has 1 fully saturated rings. The minimum atomic E-state index is 0.782. The molecule has 0 radical (unpaired) electrons. The van der Waals surface area contributed by atoms with Crippen molar-refractivity contribution in [3.05, 3.63) is 42.1 Å². The SMILES string of the molecule is BrCCN(Cc1ccnc2ccccc12)C1CCC1. The van der Waals surface area contributed by atoms with Crippen LogP contribution in [-0.2, 0) is 6.54 Å². The normalized spacial score (nSPS) is 15.9. The first-order chi connectivity index (χ1) is 9.38. The number of halogens is 1. The summed E-state index contributed by atoms with van der Waals surface area (Å²) in [6.45, 7) is 2.17. The molecule has 0 atom stereocenters. The first kappa shape index (κ1) is 13.1. The maximum atomic E-state index is 4.45. The predicted octanol–water partition coefficient (Wildman–Crippen LogP) is 3.98. The van der Waals surface area contributed by atoms with Crippen LogP contribution in [0.25, 0.3) is 10.9 Å². The van der Waals surface area contributed by atoms with E-state index in [1.807, 2.05) is 6.20 Å². The Labute approximate surface area is 123 Å². The van der Waals surface area contributed by atoms with E-state index in [-0.39, 0.29) is 0 Å². The van der Waals surface area contributed by atoms with E-state index in [2.05, 4.69) is 56.1 Å². The molecule has 3 heteroatoms. The number of hydrogen-bond donors (Lipinski definition) is 0. The molecule has 100 valence electrons.